The standard InChI is InChI=1S/C14H18BrNO2/c1-9-8-16-5-4-14(9)7-12(17)11-3-2-10(15)6-13(11)18-14/h2-3,6,9,12,16-17H,4-5,7-8H2,1H3/t9?,12-,14?/m1/s1. The first-order valence-corrected chi connectivity index (χ1v) is 7.27. The first kappa shape index (κ1) is 12.5. The minimum atomic E-state index is -0.414. The van der Waals surface area contributed by atoms with Crippen molar-refractivity contribution in [3.63, 3.8) is 0 Å². The Morgan fingerprint density at radius 3 is 3.11 bits per heavy atom. The maximum absolute atomic E-state index is 10.4. The smallest absolute Gasteiger partial charge is 0.127 e. The molecule has 2 heterocycles. The Morgan fingerprint density at radius 1 is 1.50 bits per heavy atom. The molecule has 2 aliphatic heterocycles. The van der Waals surface area contributed by atoms with Crippen molar-refractivity contribution >= 4 is 15.9 Å². The molecule has 0 aliphatic carbocycles. The van der Waals surface area contributed by atoms with Crippen molar-refractivity contribution in [1.82, 2.24) is 5.32 Å². The number of piperidine rings is 1. The van der Waals surface area contributed by atoms with E-state index in [-0.39, 0.29) is 5.60 Å². The maximum atomic E-state index is 10.4. The summed E-state index contributed by atoms with van der Waals surface area (Å²) < 4.78 is 7.29. The fourth-order valence-corrected chi connectivity index (χ4v) is 3.42. The molecule has 2 aliphatic rings. The zero-order valence-electron chi connectivity index (χ0n) is 10.4. The SMILES string of the molecule is CC1CNCCC12C[C@@H](O)c1ccc(Br)cc1O2. The van der Waals surface area contributed by atoms with Gasteiger partial charge in [-0.15, -0.1) is 0 Å². The minimum Gasteiger partial charge on any atom is -0.486 e. The van der Waals surface area contributed by atoms with E-state index in [2.05, 4.69) is 28.2 Å². The van der Waals surface area contributed by atoms with Crippen LogP contribution in [0, 0.1) is 5.92 Å². The summed E-state index contributed by atoms with van der Waals surface area (Å²) >= 11 is 3.46. The number of halogens is 1. The third-order valence-corrected chi connectivity index (χ3v) is 4.75. The molecule has 3 nitrogen and oxygen atoms in total. The second-order valence-electron chi connectivity index (χ2n) is 5.42. The van der Waals surface area contributed by atoms with Crippen molar-refractivity contribution < 1.29 is 9.84 Å². The van der Waals surface area contributed by atoms with Crippen LogP contribution in [0.2, 0.25) is 0 Å². The van der Waals surface area contributed by atoms with Gasteiger partial charge >= 0.3 is 0 Å². The molecule has 3 atom stereocenters. The summed E-state index contributed by atoms with van der Waals surface area (Å²) in [5, 5.41) is 13.8. The molecule has 98 valence electrons. The Hall–Kier alpha value is -0.580. The van der Waals surface area contributed by atoms with Crippen molar-refractivity contribution in [2.45, 2.75) is 31.5 Å². The van der Waals surface area contributed by atoms with Gasteiger partial charge in [-0.2, -0.15) is 0 Å². The molecule has 1 saturated heterocycles. The molecular weight excluding hydrogens is 294 g/mol. The molecule has 0 bridgehead atoms. The van der Waals surface area contributed by atoms with E-state index in [1.165, 1.54) is 0 Å². The highest BCUT2D eigenvalue weighted by Gasteiger charge is 2.45. The number of fused-ring (bicyclic) bond motifs is 1. The topological polar surface area (TPSA) is 41.5 Å². The van der Waals surface area contributed by atoms with E-state index in [9.17, 15) is 5.11 Å². The number of nitrogens with one attached hydrogen (secondary N) is 1. The van der Waals surface area contributed by atoms with Crippen LogP contribution in [0.3, 0.4) is 0 Å². The van der Waals surface area contributed by atoms with Crippen molar-refractivity contribution in [2.75, 3.05) is 13.1 Å². The Kier molecular flexibility index (Phi) is 3.12. The van der Waals surface area contributed by atoms with E-state index in [0.717, 1.165) is 35.3 Å². The van der Waals surface area contributed by atoms with Crippen LogP contribution in [0.15, 0.2) is 22.7 Å². The molecule has 0 radical (unpaired) electrons. The van der Waals surface area contributed by atoms with E-state index in [0.29, 0.717) is 12.3 Å². The number of ether oxygens (including phenoxy) is 1. The summed E-state index contributed by atoms with van der Waals surface area (Å²) in [6.45, 7) is 4.11. The first-order valence-electron chi connectivity index (χ1n) is 6.48. The van der Waals surface area contributed by atoms with Gasteiger partial charge in [0.05, 0.1) is 6.10 Å². The highest BCUT2D eigenvalue weighted by atomic mass is 79.9. The minimum absolute atomic E-state index is 0.210. The van der Waals surface area contributed by atoms with Gasteiger partial charge in [-0.1, -0.05) is 28.9 Å². The zero-order chi connectivity index (χ0) is 12.8. The maximum Gasteiger partial charge on any atom is 0.127 e. The summed E-state index contributed by atoms with van der Waals surface area (Å²) in [6, 6.07) is 5.87. The lowest BCUT2D eigenvalue weighted by Crippen LogP contribution is -2.55. The van der Waals surface area contributed by atoms with E-state index < -0.39 is 6.10 Å². The van der Waals surface area contributed by atoms with Gasteiger partial charge < -0.3 is 15.2 Å². The van der Waals surface area contributed by atoms with Crippen LogP contribution in [-0.4, -0.2) is 23.8 Å². The molecule has 1 spiro atoms. The monoisotopic (exact) mass is 311 g/mol. The third kappa shape index (κ3) is 1.96. The van der Waals surface area contributed by atoms with Crippen LogP contribution in [0.4, 0.5) is 0 Å². The van der Waals surface area contributed by atoms with Crippen LogP contribution in [0.5, 0.6) is 5.75 Å². The lowest BCUT2D eigenvalue weighted by atomic mass is 9.76. The van der Waals surface area contributed by atoms with Crippen LogP contribution >= 0.6 is 15.9 Å². The molecule has 4 heteroatoms. The third-order valence-electron chi connectivity index (χ3n) is 4.26. The molecule has 2 unspecified atom stereocenters. The molecule has 1 aromatic rings. The predicted molar refractivity (Wildman–Crippen MR) is 73.7 cm³/mol. The fourth-order valence-electron chi connectivity index (χ4n) is 3.08. The van der Waals surface area contributed by atoms with Crippen LogP contribution in [0.25, 0.3) is 0 Å². The summed E-state index contributed by atoms with van der Waals surface area (Å²) in [6.07, 6.45) is 1.24. The second kappa shape index (κ2) is 4.51. The predicted octanol–water partition coefficient (Wildman–Crippen LogP) is 2.63. The average Bonchev–Trinajstić information content (AvgIpc) is 2.32. The molecule has 0 aromatic heterocycles. The van der Waals surface area contributed by atoms with Crippen LogP contribution in [-0.2, 0) is 0 Å². The van der Waals surface area contributed by atoms with E-state index in [1.54, 1.807) is 0 Å². The molecule has 0 saturated carbocycles. The first-order chi connectivity index (χ1) is 8.61. The summed E-state index contributed by atoms with van der Waals surface area (Å²) in [5.41, 5.74) is 0.702. The molecular formula is C14H18BrNO2. The molecule has 1 fully saturated rings. The lowest BCUT2D eigenvalue weighted by molar-refractivity contribution is -0.0659. The van der Waals surface area contributed by atoms with Crippen molar-refractivity contribution in [3.8, 4) is 5.75 Å². The number of benzene rings is 1. The van der Waals surface area contributed by atoms with E-state index in [4.69, 9.17) is 4.74 Å². The number of aliphatic hydroxyl groups is 1. The van der Waals surface area contributed by atoms with Gasteiger partial charge in [-0.3, -0.25) is 0 Å². The van der Waals surface area contributed by atoms with Crippen LogP contribution < -0.4 is 10.1 Å². The molecule has 0 amide bonds. The number of rotatable bonds is 0. The van der Waals surface area contributed by atoms with E-state index in [1.807, 2.05) is 18.2 Å². The Labute approximate surface area is 116 Å². The molecule has 18 heavy (non-hydrogen) atoms. The number of hydrogen-bond acceptors (Lipinski definition) is 3. The van der Waals surface area contributed by atoms with E-state index >= 15 is 0 Å². The van der Waals surface area contributed by atoms with Gasteiger partial charge in [-0.25, -0.2) is 0 Å². The van der Waals surface area contributed by atoms with Crippen molar-refractivity contribution in [1.29, 1.82) is 0 Å². The highest BCUT2D eigenvalue weighted by molar-refractivity contribution is 9.10. The summed E-state index contributed by atoms with van der Waals surface area (Å²) in [5.74, 6) is 1.24. The normalized spacial score (nSPS) is 35.1. The Morgan fingerprint density at radius 2 is 2.33 bits per heavy atom. The van der Waals surface area contributed by atoms with Gasteiger partial charge in [0, 0.05) is 28.9 Å². The fraction of sp³-hybridized carbons (Fsp3) is 0.571. The number of hydrogen-bond donors (Lipinski definition) is 2. The zero-order valence-corrected chi connectivity index (χ0v) is 12.0. The second-order valence-corrected chi connectivity index (χ2v) is 6.34. The summed E-state index contributed by atoms with van der Waals surface area (Å²) in [4.78, 5) is 0. The van der Waals surface area contributed by atoms with Crippen molar-refractivity contribution in [2.24, 2.45) is 5.92 Å². The largest absolute Gasteiger partial charge is 0.486 e. The average molecular weight is 312 g/mol. The Bertz CT molecular complexity index is 465. The quantitative estimate of drug-likeness (QED) is 0.774. The van der Waals surface area contributed by atoms with Gasteiger partial charge in [0.1, 0.15) is 11.4 Å². The highest BCUT2D eigenvalue weighted by Crippen LogP contribution is 2.46. The summed E-state index contributed by atoms with van der Waals surface area (Å²) in [7, 11) is 0. The Balaban J connectivity index is 1.99. The van der Waals surface area contributed by atoms with Gasteiger partial charge in [0.25, 0.3) is 0 Å². The number of aliphatic hydroxyl groups excluding tert-OH is 1. The molecule has 3 rings (SSSR count). The molecule has 2 N–H and O–H groups in total. The van der Waals surface area contributed by atoms with Gasteiger partial charge in [-0.05, 0) is 25.1 Å². The van der Waals surface area contributed by atoms with Gasteiger partial charge in [0.15, 0.2) is 0 Å². The van der Waals surface area contributed by atoms with Crippen LogP contribution in [0.1, 0.15) is 31.4 Å². The van der Waals surface area contributed by atoms with Crippen molar-refractivity contribution in [3.05, 3.63) is 28.2 Å². The molecule has 1 aromatic carbocycles. The van der Waals surface area contributed by atoms with Gasteiger partial charge in [0.2, 0.25) is 0 Å². The lowest BCUT2D eigenvalue weighted by Gasteiger charge is -2.47.